The quantitative estimate of drug-likeness (QED) is 0.448. The van der Waals surface area contributed by atoms with Crippen molar-refractivity contribution in [3.63, 3.8) is 0 Å². The van der Waals surface area contributed by atoms with Crippen molar-refractivity contribution in [2.75, 3.05) is 12.0 Å². The summed E-state index contributed by atoms with van der Waals surface area (Å²) in [6.07, 6.45) is -0.104. The molecule has 0 fully saturated rings. The Labute approximate surface area is 178 Å². The summed E-state index contributed by atoms with van der Waals surface area (Å²) < 4.78 is 6.37. The van der Waals surface area contributed by atoms with E-state index in [1.54, 1.807) is 7.11 Å². The molecule has 0 bridgehead atoms. The van der Waals surface area contributed by atoms with Crippen LogP contribution in [0.3, 0.4) is 0 Å². The van der Waals surface area contributed by atoms with Gasteiger partial charge in [0, 0.05) is 15.2 Å². The van der Waals surface area contributed by atoms with Gasteiger partial charge in [-0.2, -0.15) is 0 Å². The molecule has 2 atom stereocenters. The third-order valence-corrected chi connectivity index (χ3v) is 5.80. The second-order valence-corrected chi connectivity index (χ2v) is 8.08. The Morgan fingerprint density at radius 1 is 0.929 bits per heavy atom. The van der Waals surface area contributed by atoms with Gasteiger partial charge in [0.2, 0.25) is 0 Å². The van der Waals surface area contributed by atoms with Gasteiger partial charge >= 0.3 is 0 Å². The molecule has 0 radical (unpaired) electrons. The predicted molar refractivity (Wildman–Crippen MR) is 120 cm³/mol. The normalized spacial score (nSPS) is 18.9. The first-order chi connectivity index (χ1) is 13.6. The zero-order chi connectivity index (χ0) is 19.7. The summed E-state index contributed by atoms with van der Waals surface area (Å²) in [5.74, 6) is 0.840. The Morgan fingerprint density at radius 2 is 1.57 bits per heavy atom. The molecule has 28 heavy (non-hydrogen) atoms. The highest BCUT2D eigenvalue weighted by Crippen LogP contribution is 2.38. The van der Waals surface area contributed by atoms with Crippen LogP contribution >= 0.6 is 27.5 Å². The third-order valence-electron chi connectivity index (χ3n) is 5.02. The highest BCUT2D eigenvalue weighted by Gasteiger charge is 2.35. The molecule has 3 nitrogen and oxygen atoms in total. The van der Waals surface area contributed by atoms with Crippen LogP contribution in [-0.2, 0) is 0 Å². The Hall–Kier alpha value is -2.30. The van der Waals surface area contributed by atoms with Crippen molar-refractivity contribution in [2.24, 2.45) is 4.99 Å². The lowest BCUT2D eigenvalue weighted by Crippen LogP contribution is -2.35. The molecule has 0 N–H and O–H groups in total. The maximum absolute atomic E-state index is 6.08. The smallest absolute Gasteiger partial charge is 0.148 e. The number of rotatable bonds is 4. The molecule has 0 aromatic heterocycles. The first-order valence-electron chi connectivity index (χ1n) is 9.08. The van der Waals surface area contributed by atoms with Crippen LogP contribution in [0.1, 0.15) is 24.2 Å². The lowest BCUT2D eigenvalue weighted by molar-refractivity contribution is 0.414. The largest absolute Gasteiger partial charge is 0.497 e. The van der Waals surface area contributed by atoms with Crippen molar-refractivity contribution >= 4 is 38.9 Å². The molecule has 3 aromatic carbocycles. The van der Waals surface area contributed by atoms with Gasteiger partial charge in [0.15, 0.2) is 0 Å². The van der Waals surface area contributed by atoms with E-state index in [9.17, 15) is 0 Å². The number of ether oxygens (including phenoxy) is 1. The molecule has 142 valence electrons. The van der Waals surface area contributed by atoms with Gasteiger partial charge in [0.25, 0.3) is 0 Å². The van der Waals surface area contributed by atoms with Crippen molar-refractivity contribution < 1.29 is 4.74 Å². The summed E-state index contributed by atoms with van der Waals surface area (Å²) in [6, 6.07) is 24.5. The minimum atomic E-state index is -0.104. The van der Waals surface area contributed by atoms with Crippen LogP contribution in [0.4, 0.5) is 5.69 Å². The van der Waals surface area contributed by atoms with Crippen LogP contribution in [-0.4, -0.2) is 18.9 Å². The van der Waals surface area contributed by atoms with E-state index in [-0.39, 0.29) is 12.2 Å². The third kappa shape index (κ3) is 3.67. The number of nitrogens with zero attached hydrogens (tertiary/aromatic N) is 2. The molecule has 2 unspecified atom stereocenters. The van der Waals surface area contributed by atoms with Gasteiger partial charge in [-0.1, -0.05) is 51.8 Å². The van der Waals surface area contributed by atoms with Crippen molar-refractivity contribution in [3.8, 4) is 5.75 Å². The Morgan fingerprint density at radius 3 is 2.18 bits per heavy atom. The van der Waals surface area contributed by atoms with E-state index < -0.39 is 0 Å². The zero-order valence-electron chi connectivity index (χ0n) is 15.6. The summed E-state index contributed by atoms with van der Waals surface area (Å²) in [5.41, 5.74) is 4.40. The summed E-state index contributed by atoms with van der Waals surface area (Å²) in [6.45, 7) is 2.19. The second-order valence-electron chi connectivity index (χ2n) is 6.73. The van der Waals surface area contributed by atoms with Gasteiger partial charge in [-0.05, 0) is 66.6 Å². The predicted octanol–water partition coefficient (Wildman–Crippen LogP) is 6.51. The summed E-state index contributed by atoms with van der Waals surface area (Å²) in [5, 5.41) is 0.728. The lowest BCUT2D eigenvalue weighted by atomic mass is 10.0. The van der Waals surface area contributed by atoms with Gasteiger partial charge in [-0.15, -0.1) is 0 Å². The zero-order valence-corrected chi connectivity index (χ0v) is 18.0. The monoisotopic (exact) mass is 454 g/mol. The summed E-state index contributed by atoms with van der Waals surface area (Å²) in [7, 11) is 1.68. The van der Waals surface area contributed by atoms with Crippen molar-refractivity contribution in [1.82, 2.24) is 0 Å². The molecule has 4 rings (SSSR count). The van der Waals surface area contributed by atoms with Gasteiger partial charge in [-0.3, -0.25) is 4.99 Å². The van der Waals surface area contributed by atoms with Crippen LogP contribution in [0, 0.1) is 0 Å². The fourth-order valence-corrected chi connectivity index (χ4v) is 3.96. The van der Waals surface area contributed by atoms with E-state index in [0.29, 0.717) is 0 Å². The SMILES string of the molecule is COc1ccc(C2N=C(c3ccc(Cl)cc3)C(C)N2c2ccc(Br)cc2)cc1. The number of aliphatic imine (C=N–C) groups is 1. The van der Waals surface area contributed by atoms with Crippen LogP contribution in [0.15, 0.2) is 82.3 Å². The molecule has 0 aliphatic carbocycles. The highest BCUT2D eigenvalue weighted by atomic mass is 79.9. The number of benzene rings is 3. The van der Waals surface area contributed by atoms with E-state index in [4.69, 9.17) is 21.3 Å². The molecule has 1 aliphatic heterocycles. The van der Waals surface area contributed by atoms with Crippen molar-refractivity contribution in [2.45, 2.75) is 19.1 Å². The molecule has 0 spiro atoms. The average molecular weight is 456 g/mol. The fourth-order valence-electron chi connectivity index (χ4n) is 3.57. The van der Waals surface area contributed by atoms with Gasteiger partial charge < -0.3 is 9.64 Å². The molecule has 3 aromatic rings. The molecule has 0 saturated heterocycles. The number of hydrogen-bond donors (Lipinski definition) is 0. The Bertz CT molecular complexity index is 985. The minimum Gasteiger partial charge on any atom is -0.497 e. The summed E-state index contributed by atoms with van der Waals surface area (Å²) in [4.78, 5) is 7.47. The topological polar surface area (TPSA) is 24.8 Å². The van der Waals surface area contributed by atoms with Crippen molar-refractivity contribution in [1.29, 1.82) is 0 Å². The second kappa shape index (κ2) is 7.98. The van der Waals surface area contributed by atoms with Gasteiger partial charge in [0.1, 0.15) is 11.9 Å². The number of hydrogen-bond acceptors (Lipinski definition) is 3. The molecule has 1 aliphatic rings. The van der Waals surface area contributed by atoms with Crippen LogP contribution in [0.25, 0.3) is 0 Å². The summed E-state index contributed by atoms with van der Waals surface area (Å²) >= 11 is 9.61. The maximum atomic E-state index is 6.08. The average Bonchev–Trinajstić information content (AvgIpc) is 3.06. The molecule has 0 amide bonds. The minimum absolute atomic E-state index is 0.104. The van der Waals surface area contributed by atoms with Crippen LogP contribution in [0.5, 0.6) is 5.75 Å². The van der Waals surface area contributed by atoms with E-state index >= 15 is 0 Å². The number of halogens is 2. The first kappa shape index (κ1) is 19.0. The van der Waals surface area contributed by atoms with Gasteiger partial charge in [-0.25, -0.2) is 0 Å². The molecule has 1 heterocycles. The molecular formula is C23H20BrClN2O. The molecule has 0 saturated carbocycles. The standard InChI is InChI=1S/C23H20BrClN2O/c1-15-22(16-3-9-19(25)10-4-16)26-23(17-5-13-21(28-2)14-6-17)27(15)20-11-7-18(24)8-12-20/h3-15,23H,1-2H3. The maximum Gasteiger partial charge on any atom is 0.148 e. The van der Waals surface area contributed by atoms with Gasteiger partial charge in [0.05, 0.1) is 18.9 Å². The number of methoxy groups -OCH3 is 1. The van der Waals surface area contributed by atoms with E-state index in [1.807, 2.05) is 36.4 Å². The Balaban J connectivity index is 1.78. The van der Waals surface area contributed by atoms with E-state index in [1.165, 1.54) is 0 Å². The van der Waals surface area contributed by atoms with E-state index in [2.05, 4.69) is 64.2 Å². The fraction of sp³-hybridized carbons (Fsp3) is 0.174. The molecule has 5 heteroatoms. The Kier molecular flexibility index (Phi) is 5.42. The van der Waals surface area contributed by atoms with Crippen molar-refractivity contribution in [3.05, 3.63) is 93.4 Å². The first-order valence-corrected chi connectivity index (χ1v) is 10.3. The highest BCUT2D eigenvalue weighted by molar-refractivity contribution is 9.10. The van der Waals surface area contributed by atoms with Crippen LogP contribution in [0.2, 0.25) is 5.02 Å². The molecular weight excluding hydrogens is 436 g/mol. The van der Waals surface area contributed by atoms with E-state index in [0.717, 1.165) is 37.8 Å². The lowest BCUT2D eigenvalue weighted by Gasteiger charge is -2.30. The van der Waals surface area contributed by atoms with Crippen LogP contribution < -0.4 is 9.64 Å². The number of anilines is 1.